The van der Waals surface area contributed by atoms with E-state index in [-0.39, 0.29) is 28.4 Å². The summed E-state index contributed by atoms with van der Waals surface area (Å²) in [6.45, 7) is 1.78. The van der Waals surface area contributed by atoms with Crippen molar-refractivity contribution in [1.82, 2.24) is 0 Å². The molecule has 148 valence electrons. The third-order valence-electron chi connectivity index (χ3n) is 4.24. The van der Waals surface area contributed by atoms with Crippen molar-refractivity contribution in [2.24, 2.45) is 0 Å². The monoisotopic (exact) mass is 442 g/mol. The first kappa shape index (κ1) is 20.4. The summed E-state index contributed by atoms with van der Waals surface area (Å²) in [7, 11) is -2.26. The van der Waals surface area contributed by atoms with Gasteiger partial charge >= 0.3 is 0 Å². The molecule has 3 rings (SSSR count). The number of anilines is 2. The molecule has 1 N–H and O–H groups in total. The summed E-state index contributed by atoms with van der Waals surface area (Å²) in [5.41, 5.74) is 1.37. The van der Waals surface area contributed by atoms with Crippen molar-refractivity contribution in [3.63, 3.8) is 0 Å². The Morgan fingerprint density at radius 2 is 1.89 bits per heavy atom. The van der Waals surface area contributed by atoms with E-state index in [0.29, 0.717) is 20.8 Å². The van der Waals surface area contributed by atoms with E-state index in [9.17, 15) is 18.0 Å². The number of halogens is 2. The minimum absolute atomic E-state index is 0.00884. The minimum Gasteiger partial charge on any atom is -0.495 e. The van der Waals surface area contributed by atoms with Gasteiger partial charge in [-0.2, -0.15) is 0 Å². The lowest BCUT2D eigenvalue weighted by molar-refractivity contribution is -0.116. The van der Waals surface area contributed by atoms with Gasteiger partial charge in [-0.3, -0.25) is 9.59 Å². The predicted octanol–water partition coefficient (Wildman–Crippen LogP) is 3.63. The summed E-state index contributed by atoms with van der Waals surface area (Å²) >= 11 is 12.3. The Morgan fingerprint density at radius 3 is 2.46 bits per heavy atom. The lowest BCUT2D eigenvalue weighted by Gasteiger charge is -2.17. The SMILES string of the molecule is COc1cc(Cl)c(C)cc1NC(=O)c1ccc(N2C(=O)CCS2(=O)=O)cc1Cl. The molecule has 0 aliphatic carbocycles. The van der Waals surface area contributed by atoms with Crippen LogP contribution in [0.25, 0.3) is 0 Å². The number of rotatable bonds is 4. The first-order valence-electron chi connectivity index (χ1n) is 8.15. The standard InChI is InChI=1S/C18H16Cl2N2O5S/c1-10-7-15(16(27-2)9-13(10)19)21-18(24)12-4-3-11(8-14(12)20)22-17(23)5-6-28(22,25)26/h3-4,7-9H,5-6H2,1-2H3,(H,21,24). The average Bonchev–Trinajstić information content (AvgIpc) is 2.90. The molecule has 0 saturated carbocycles. The van der Waals surface area contributed by atoms with Gasteiger partial charge in [0.25, 0.3) is 5.91 Å². The van der Waals surface area contributed by atoms with Crippen LogP contribution in [0.1, 0.15) is 22.3 Å². The molecule has 2 amide bonds. The third kappa shape index (κ3) is 3.80. The van der Waals surface area contributed by atoms with Gasteiger partial charge in [0.15, 0.2) is 0 Å². The van der Waals surface area contributed by atoms with Crippen LogP contribution < -0.4 is 14.4 Å². The normalized spacial score (nSPS) is 15.6. The molecule has 0 aromatic heterocycles. The van der Waals surface area contributed by atoms with Crippen LogP contribution in [0.5, 0.6) is 5.75 Å². The summed E-state index contributed by atoms with van der Waals surface area (Å²) in [6, 6.07) is 7.26. The third-order valence-corrected chi connectivity index (χ3v) is 6.65. The van der Waals surface area contributed by atoms with Crippen LogP contribution in [0.2, 0.25) is 10.0 Å². The summed E-state index contributed by atoms with van der Waals surface area (Å²) in [5.74, 6) is -0.922. The van der Waals surface area contributed by atoms with E-state index in [2.05, 4.69) is 5.32 Å². The fourth-order valence-corrected chi connectivity index (χ4v) is 4.67. The fourth-order valence-electron chi connectivity index (χ4n) is 2.80. The first-order chi connectivity index (χ1) is 13.1. The fraction of sp³-hybridized carbons (Fsp3) is 0.222. The second-order valence-corrected chi connectivity index (χ2v) is 8.90. The first-order valence-corrected chi connectivity index (χ1v) is 10.5. The van der Waals surface area contributed by atoms with Gasteiger partial charge in [-0.15, -0.1) is 0 Å². The molecule has 28 heavy (non-hydrogen) atoms. The van der Waals surface area contributed by atoms with Crippen LogP contribution >= 0.6 is 23.2 Å². The Kier molecular flexibility index (Phi) is 5.56. The van der Waals surface area contributed by atoms with Gasteiger partial charge < -0.3 is 10.1 Å². The zero-order valence-corrected chi connectivity index (χ0v) is 17.3. The molecule has 1 saturated heterocycles. The van der Waals surface area contributed by atoms with Gasteiger partial charge in [-0.25, -0.2) is 12.7 Å². The highest BCUT2D eigenvalue weighted by atomic mass is 35.5. The molecule has 10 heteroatoms. The van der Waals surface area contributed by atoms with Crippen LogP contribution in [0, 0.1) is 6.92 Å². The largest absolute Gasteiger partial charge is 0.495 e. The molecule has 1 aliphatic heterocycles. The molecule has 0 bridgehead atoms. The number of carbonyl (C=O) groups is 2. The van der Waals surface area contributed by atoms with E-state index < -0.39 is 21.8 Å². The average molecular weight is 443 g/mol. The summed E-state index contributed by atoms with van der Waals surface area (Å²) < 4.78 is 30.0. The lowest BCUT2D eigenvalue weighted by Crippen LogP contribution is -2.29. The number of aryl methyl sites for hydroxylation is 1. The molecular weight excluding hydrogens is 427 g/mol. The van der Waals surface area contributed by atoms with E-state index in [1.807, 2.05) is 0 Å². The number of ether oxygens (including phenoxy) is 1. The number of amides is 2. The molecule has 0 unspecified atom stereocenters. The molecule has 2 aromatic carbocycles. The number of nitrogens with zero attached hydrogens (tertiary/aromatic N) is 1. The van der Waals surface area contributed by atoms with Crippen molar-refractivity contribution in [1.29, 1.82) is 0 Å². The Bertz CT molecular complexity index is 1090. The van der Waals surface area contributed by atoms with Crippen molar-refractivity contribution >= 4 is 56.4 Å². The maximum absolute atomic E-state index is 12.6. The van der Waals surface area contributed by atoms with Gasteiger partial charge in [0.2, 0.25) is 15.9 Å². The Hall–Kier alpha value is -2.29. The summed E-state index contributed by atoms with van der Waals surface area (Å²) in [4.78, 5) is 24.5. The highest BCUT2D eigenvalue weighted by Gasteiger charge is 2.36. The molecule has 1 fully saturated rings. The highest BCUT2D eigenvalue weighted by molar-refractivity contribution is 7.94. The van der Waals surface area contributed by atoms with Gasteiger partial charge in [-0.05, 0) is 36.8 Å². The lowest BCUT2D eigenvalue weighted by atomic mass is 10.1. The molecule has 0 radical (unpaired) electrons. The smallest absolute Gasteiger partial charge is 0.257 e. The van der Waals surface area contributed by atoms with Gasteiger partial charge in [0.05, 0.1) is 34.8 Å². The molecule has 7 nitrogen and oxygen atoms in total. The van der Waals surface area contributed by atoms with Gasteiger partial charge in [0.1, 0.15) is 5.75 Å². The molecule has 0 spiro atoms. The molecule has 2 aromatic rings. The highest BCUT2D eigenvalue weighted by Crippen LogP contribution is 2.33. The molecule has 0 atom stereocenters. The molecule has 1 aliphatic rings. The topological polar surface area (TPSA) is 92.8 Å². The van der Waals surface area contributed by atoms with Gasteiger partial charge in [0, 0.05) is 17.5 Å². The van der Waals surface area contributed by atoms with Crippen molar-refractivity contribution in [2.75, 3.05) is 22.5 Å². The van der Waals surface area contributed by atoms with Crippen molar-refractivity contribution in [3.8, 4) is 5.75 Å². The second kappa shape index (κ2) is 7.62. The summed E-state index contributed by atoms with van der Waals surface area (Å²) in [6.07, 6.45) is -0.0854. The number of hydrogen-bond donors (Lipinski definition) is 1. The van der Waals surface area contributed by atoms with E-state index in [1.54, 1.807) is 19.1 Å². The number of carbonyl (C=O) groups excluding carboxylic acids is 2. The maximum Gasteiger partial charge on any atom is 0.257 e. The Balaban J connectivity index is 1.90. The van der Waals surface area contributed by atoms with Crippen LogP contribution in [0.3, 0.4) is 0 Å². The summed E-state index contributed by atoms with van der Waals surface area (Å²) in [5, 5.41) is 3.20. The predicted molar refractivity (Wildman–Crippen MR) is 108 cm³/mol. The molecular formula is C18H16Cl2N2O5S. The Labute approximate surface area is 172 Å². The van der Waals surface area contributed by atoms with Crippen LogP contribution in [0.15, 0.2) is 30.3 Å². The van der Waals surface area contributed by atoms with E-state index >= 15 is 0 Å². The maximum atomic E-state index is 12.6. The van der Waals surface area contributed by atoms with Crippen molar-refractivity contribution in [3.05, 3.63) is 51.5 Å². The molecule has 1 heterocycles. The van der Waals surface area contributed by atoms with Crippen LogP contribution in [-0.4, -0.2) is 33.1 Å². The quantitative estimate of drug-likeness (QED) is 0.779. The van der Waals surface area contributed by atoms with E-state index in [0.717, 1.165) is 5.56 Å². The number of methoxy groups -OCH3 is 1. The van der Waals surface area contributed by atoms with Crippen molar-refractivity contribution < 1.29 is 22.7 Å². The zero-order chi connectivity index (χ0) is 20.6. The van der Waals surface area contributed by atoms with Crippen LogP contribution in [0.4, 0.5) is 11.4 Å². The second-order valence-electron chi connectivity index (χ2n) is 6.14. The Morgan fingerprint density at radius 1 is 1.18 bits per heavy atom. The minimum atomic E-state index is -3.71. The number of hydrogen-bond acceptors (Lipinski definition) is 5. The van der Waals surface area contributed by atoms with Gasteiger partial charge in [-0.1, -0.05) is 23.2 Å². The number of benzene rings is 2. The van der Waals surface area contributed by atoms with E-state index in [4.69, 9.17) is 27.9 Å². The zero-order valence-electron chi connectivity index (χ0n) is 15.0. The van der Waals surface area contributed by atoms with Crippen molar-refractivity contribution in [2.45, 2.75) is 13.3 Å². The number of nitrogens with one attached hydrogen (secondary N) is 1. The van der Waals surface area contributed by atoms with E-state index in [1.165, 1.54) is 25.3 Å². The van der Waals surface area contributed by atoms with Crippen LogP contribution in [-0.2, 0) is 14.8 Å². The number of sulfonamides is 1.